The fraction of sp³-hybridized carbons (Fsp3) is 0.685. The molecule has 0 amide bonds. The standard InChI is InChI=1S/C54H88N3O9P/c1-9-10-11-12-13-14-15-16-17-18-21-24-27-30-50(58)63-41-49(42-65-67(60,61)64-38-36-57(6,7)8)66-51(59)31-28-25-22-19-20-23-26-29-37-62-48-34-32-47(33-35-48)52(53-43(2)39-45(4)55-53)54-44(3)40-46(5)56-54/h32-35,39-40,49H,9-31,36-38,41-42H2,1-8H3,(H-,55,56,60,61). The Morgan fingerprint density at radius 3 is 1.75 bits per heavy atom. The van der Waals surface area contributed by atoms with E-state index in [1.54, 1.807) is 0 Å². The number of quaternary nitrogens is 1. The summed E-state index contributed by atoms with van der Waals surface area (Å²) in [6.07, 6.45) is 25.2. The van der Waals surface area contributed by atoms with Crippen molar-refractivity contribution in [2.75, 3.05) is 54.1 Å². The second kappa shape index (κ2) is 32.3. The number of carbonyl (C=O) groups is 2. The van der Waals surface area contributed by atoms with Gasteiger partial charge in [0, 0.05) is 29.8 Å². The predicted molar refractivity (Wildman–Crippen MR) is 270 cm³/mol. The van der Waals surface area contributed by atoms with Gasteiger partial charge in [0.05, 0.1) is 45.7 Å². The molecule has 1 aliphatic heterocycles. The minimum Gasteiger partial charge on any atom is -0.756 e. The van der Waals surface area contributed by atoms with Crippen LogP contribution in [0.2, 0.25) is 0 Å². The van der Waals surface area contributed by atoms with Crippen LogP contribution in [0.25, 0.3) is 5.57 Å². The van der Waals surface area contributed by atoms with Gasteiger partial charge in [-0.05, 0) is 87.9 Å². The van der Waals surface area contributed by atoms with E-state index in [0.29, 0.717) is 24.1 Å². The van der Waals surface area contributed by atoms with Gasteiger partial charge in [-0.1, -0.05) is 135 Å². The molecule has 2 aromatic rings. The summed E-state index contributed by atoms with van der Waals surface area (Å²) in [6.45, 7) is 10.9. The summed E-state index contributed by atoms with van der Waals surface area (Å²) in [7, 11) is 1.12. The van der Waals surface area contributed by atoms with Crippen molar-refractivity contribution in [2.24, 2.45) is 4.99 Å². The van der Waals surface area contributed by atoms with Crippen LogP contribution in [0.15, 0.2) is 52.7 Å². The topological polar surface area (TPSA) is 149 Å². The van der Waals surface area contributed by atoms with Gasteiger partial charge in [0.1, 0.15) is 25.5 Å². The number of phosphoric ester groups is 1. The number of hydrogen-bond acceptors (Lipinski definition) is 10. The first-order chi connectivity index (χ1) is 32.1. The van der Waals surface area contributed by atoms with Crippen LogP contribution in [-0.4, -0.2) is 87.3 Å². The monoisotopic (exact) mass is 954 g/mol. The number of hydrogen-bond donors (Lipinski definition) is 1. The fourth-order valence-electron chi connectivity index (χ4n) is 8.20. The van der Waals surface area contributed by atoms with Gasteiger partial charge in [-0.2, -0.15) is 0 Å². The summed E-state index contributed by atoms with van der Waals surface area (Å²) >= 11 is 0. The lowest BCUT2D eigenvalue weighted by atomic mass is 9.96. The number of ether oxygens (including phenoxy) is 3. The zero-order chi connectivity index (χ0) is 48.9. The number of esters is 2. The molecule has 0 spiro atoms. The van der Waals surface area contributed by atoms with Gasteiger partial charge in [-0.15, -0.1) is 0 Å². The molecule has 0 saturated carbocycles. The van der Waals surface area contributed by atoms with E-state index < -0.39 is 32.5 Å². The first-order valence-electron chi connectivity index (χ1n) is 25.7. The Hall–Kier alpha value is -3.54. The van der Waals surface area contributed by atoms with Crippen molar-refractivity contribution >= 4 is 31.0 Å². The predicted octanol–water partition coefficient (Wildman–Crippen LogP) is 12.8. The number of allylic oxidation sites excluding steroid dienone is 2. The molecule has 13 heteroatoms. The molecule has 1 aliphatic rings. The van der Waals surface area contributed by atoms with E-state index in [2.05, 4.69) is 57.0 Å². The third-order valence-electron chi connectivity index (χ3n) is 12.1. The molecule has 0 fully saturated rings. The maximum absolute atomic E-state index is 12.8. The largest absolute Gasteiger partial charge is 0.756 e. The Kier molecular flexibility index (Phi) is 27.9. The average Bonchev–Trinajstić information content (AvgIpc) is 3.79. The molecule has 0 bridgehead atoms. The van der Waals surface area contributed by atoms with Crippen LogP contribution in [0.4, 0.5) is 0 Å². The van der Waals surface area contributed by atoms with Crippen LogP contribution < -0.4 is 9.63 Å². The highest BCUT2D eigenvalue weighted by atomic mass is 31.2. The Morgan fingerprint density at radius 1 is 0.701 bits per heavy atom. The molecule has 3 rings (SSSR count). The summed E-state index contributed by atoms with van der Waals surface area (Å²) in [5.74, 6) is -0.0170. The maximum atomic E-state index is 12.8. The van der Waals surface area contributed by atoms with E-state index in [4.69, 9.17) is 28.3 Å². The quantitative estimate of drug-likeness (QED) is 0.0300. The molecule has 1 N–H and O–H groups in total. The number of phosphoric acid groups is 1. The average molecular weight is 954 g/mol. The number of carbonyl (C=O) groups excluding carboxylic acids is 2. The highest BCUT2D eigenvalue weighted by molar-refractivity contribution is 7.45. The van der Waals surface area contributed by atoms with Crippen molar-refractivity contribution in [1.82, 2.24) is 4.98 Å². The zero-order valence-electron chi connectivity index (χ0n) is 42.9. The lowest BCUT2D eigenvalue weighted by Gasteiger charge is -2.28. The van der Waals surface area contributed by atoms with Gasteiger partial charge in [0.25, 0.3) is 7.82 Å². The minimum absolute atomic E-state index is 0.0451. The summed E-state index contributed by atoms with van der Waals surface area (Å²) in [5.41, 5.74) is 8.80. The summed E-state index contributed by atoms with van der Waals surface area (Å²) < 4.78 is 40.2. The Balaban J connectivity index is 1.30. The van der Waals surface area contributed by atoms with Crippen molar-refractivity contribution < 1.29 is 46.8 Å². The number of aryl methyl sites for hydroxylation is 2. The number of aliphatic imine (C=N–C) groups is 1. The molecular formula is C54H88N3O9P. The third-order valence-corrected chi connectivity index (χ3v) is 13.0. The van der Waals surface area contributed by atoms with E-state index in [0.717, 1.165) is 109 Å². The van der Waals surface area contributed by atoms with E-state index in [-0.39, 0.29) is 26.1 Å². The number of benzene rings is 1. The zero-order valence-corrected chi connectivity index (χ0v) is 43.8. The molecule has 1 aromatic heterocycles. The van der Waals surface area contributed by atoms with Crippen LogP contribution in [-0.2, 0) is 32.7 Å². The van der Waals surface area contributed by atoms with Gasteiger partial charge in [-0.3, -0.25) is 19.1 Å². The second-order valence-corrected chi connectivity index (χ2v) is 21.1. The summed E-state index contributed by atoms with van der Waals surface area (Å²) in [5, 5.41) is 0. The number of unbranched alkanes of at least 4 members (excludes halogenated alkanes) is 19. The lowest BCUT2D eigenvalue weighted by molar-refractivity contribution is -0.870. The van der Waals surface area contributed by atoms with Crippen LogP contribution in [0.5, 0.6) is 5.75 Å². The van der Waals surface area contributed by atoms with Gasteiger partial charge in [-0.25, -0.2) is 0 Å². The number of aromatic nitrogens is 1. The molecule has 2 atom stereocenters. The van der Waals surface area contributed by atoms with E-state index in [9.17, 15) is 19.0 Å². The molecule has 12 nitrogen and oxygen atoms in total. The van der Waals surface area contributed by atoms with Gasteiger partial charge < -0.3 is 37.6 Å². The molecule has 1 aromatic carbocycles. The number of rotatable bonds is 38. The van der Waals surface area contributed by atoms with E-state index in [1.807, 2.05) is 40.2 Å². The lowest BCUT2D eigenvalue weighted by Crippen LogP contribution is -2.37. The van der Waals surface area contributed by atoms with Gasteiger partial charge in [0.15, 0.2) is 6.10 Å². The van der Waals surface area contributed by atoms with Gasteiger partial charge in [0.2, 0.25) is 0 Å². The summed E-state index contributed by atoms with van der Waals surface area (Å²) in [4.78, 5) is 46.3. The minimum atomic E-state index is -4.65. The molecule has 2 unspecified atom stereocenters. The SMILES string of the molecule is CCCCCCCCCCCCCCCC(=O)OCC(COP(=O)([O-])OCC[N+](C)(C)C)OC(=O)CCCCCCCCCCOc1ccc(/C(=C2/N=C(C)C=C2C)c2[nH]c(C)cc2C)cc1. The van der Waals surface area contributed by atoms with Gasteiger partial charge >= 0.3 is 11.9 Å². The summed E-state index contributed by atoms with van der Waals surface area (Å²) in [6, 6.07) is 10.5. The normalized spacial score (nSPS) is 14.9. The van der Waals surface area contributed by atoms with Crippen molar-refractivity contribution in [3.63, 3.8) is 0 Å². The second-order valence-electron chi connectivity index (χ2n) is 19.6. The van der Waals surface area contributed by atoms with Crippen molar-refractivity contribution in [3.8, 4) is 5.75 Å². The van der Waals surface area contributed by atoms with Crippen molar-refractivity contribution in [2.45, 2.75) is 188 Å². The number of H-pyrrole nitrogens is 1. The number of nitrogens with zero attached hydrogens (tertiary/aromatic N) is 2. The molecule has 378 valence electrons. The Labute approximate surface area is 404 Å². The first kappa shape index (κ1) is 57.8. The van der Waals surface area contributed by atoms with Crippen LogP contribution in [0.3, 0.4) is 0 Å². The van der Waals surface area contributed by atoms with Crippen LogP contribution >= 0.6 is 7.82 Å². The molecule has 0 saturated heterocycles. The molecule has 2 heterocycles. The molecule has 0 radical (unpaired) electrons. The fourth-order valence-corrected chi connectivity index (χ4v) is 8.93. The molecular weight excluding hydrogens is 866 g/mol. The van der Waals surface area contributed by atoms with Crippen LogP contribution in [0, 0.1) is 13.8 Å². The highest BCUT2D eigenvalue weighted by Crippen LogP contribution is 2.39. The van der Waals surface area contributed by atoms with E-state index >= 15 is 0 Å². The van der Waals surface area contributed by atoms with E-state index in [1.165, 1.54) is 69.8 Å². The number of nitrogens with one attached hydrogen (secondary N) is 1. The van der Waals surface area contributed by atoms with Crippen LogP contribution in [0.1, 0.15) is 191 Å². The molecule has 0 aliphatic carbocycles. The number of aromatic amines is 1. The van der Waals surface area contributed by atoms with Crippen molar-refractivity contribution in [3.05, 3.63) is 70.2 Å². The Morgan fingerprint density at radius 2 is 1.24 bits per heavy atom. The molecule has 67 heavy (non-hydrogen) atoms. The maximum Gasteiger partial charge on any atom is 0.306 e. The smallest absolute Gasteiger partial charge is 0.306 e. The number of likely N-dealkylation sites (N-methyl/N-ethyl adjacent to an activating group) is 1. The Bertz CT molecular complexity index is 1880. The highest BCUT2D eigenvalue weighted by Gasteiger charge is 2.23. The first-order valence-corrected chi connectivity index (χ1v) is 27.2. The third kappa shape index (κ3) is 25.6. The van der Waals surface area contributed by atoms with Crippen molar-refractivity contribution in [1.29, 1.82) is 0 Å².